The Labute approximate surface area is 91.4 Å². The molecule has 0 radical (unpaired) electrons. The van der Waals surface area contributed by atoms with E-state index in [0.29, 0.717) is 6.61 Å². The quantitative estimate of drug-likeness (QED) is 0.424. The fourth-order valence-corrected chi connectivity index (χ4v) is 0.748. The van der Waals surface area contributed by atoms with Crippen LogP contribution in [0.25, 0.3) is 0 Å². The van der Waals surface area contributed by atoms with Crippen molar-refractivity contribution in [2.24, 2.45) is 0 Å². The molecule has 0 aromatic heterocycles. The summed E-state index contributed by atoms with van der Waals surface area (Å²) in [6.45, 7) is 2.54. The summed E-state index contributed by atoms with van der Waals surface area (Å²) in [4.78, 5) is 0. The summed E-state index contributed by atoms with van der Waals surface area (Å²) < 4.78 is 10.4. The molecule has 1 rings (SSSR count). The Morgan fingerprint density at radius 1 is 1.54 bits per heavy atom. The molecule has 1 aromatic carbocycles. The van der Waals surface area contributed by atoms with Gasteiger partial charge in [-0.05, 0) is 6.92 Å². The average molecular weight is 172 g/mol. The van der Waals surface area contributed by atoms with Crippen LogP contribution in [0.15, 0.2) is 24.3 Å². The summed E-state index contributed by atoms with van der Waals surface area (Å²) in [6.07, 6.45) is 0.130. The van der Waals surface area contributed by atoms with Crippen LogP contribution in [-0.2, 0) is 4.74 Å². The molecule has 0 N–H and O–H groups in total. The average Bonchev–Trinajstić information content (AvgIpc) is 2.16. The fourth-order valence-electron chi connectivity index (χ4n) is 0.748. The third-order valence-corrected chi connectivity index (χ3v) is 1.57. The van der Waals surface area contributed by atoms with E-state index in [0.717, 1.165) is 5.75 Å². The molecule has 0 saturated heterocycles. The van der Waals surface area contributed by atoms with Crippen molar-refractivity contribution in [2.45, 2.75) is 13.0 Å². The van der Waals surface area contributed by atoms with Gasteiger partial charge in [-0.2, -0.15) is 18.2 Å². The van der Waals surface area contributed by atoms with Gasteiger partial charge in [0, 0.05) is 12.9 Å². The number of hydrogen-bond acceptors (Lipinski definition) is 2. The summed E-state index contributed by atoms with van der Waals surface area (Å²) in [6, 6.07) is 10.4. The third kappa shape index (κ3) is 5.00. The fraction of sp³-hybridized carbons (Fsp3) is 0.400. The summed E-state index contributed by atoms with van der Waals surface area (Å²) in [5.74, 6) is 0.835. The third-order valence-electron chi connectivity index (χ3n) is 1.57. The molecule has 0 aliphatic carbocycles. The molecule has 0 fully saturated rings. The van der Waals surface area contributed by atoms with Gasteiger partial charge < -0.3 is 9.47 Å². The van der Waals surface area contributed by atoms with Gasteiger partial charge in [-0.3, -0.25) is 0 Å². The van der Waals surface area contributed by atoms with Gasteiger partial charge >= 0.3 is 18.9 Å². The molecule has 0 bridgehead atoms. The largest absolute Gasteiger partial charge is 1.00 e. The van der Waals surface area contributed by atoms with Crippen molar-refractivity contribution >= 4 is 0 Å². The van der Waals surface area contributed by atoms with E-state index in [1.165, 1.54) is 0 Å². The van der Waals surface area contributed by atoms with Crippen LogP contribution in [0.3, 0.4) is 0 Å². The first kappa shape index (κ1) is 12.6. The Bertz CT molecular complexity index is 213. The summed E-state index contributed by atoms with van der Waals surface area (Å²) in [5.41, 5.74) is 0. The van der Waals surface area contributed by atoms with Crippen molar-refractivity contribution in [3.63, 3.8) is 0 Å². The molecule has 13 heavy (non-hydrogen) atoms. The zero-order chi connectivity index (χ0) is 8.81. The van der Waals surface area contributed by atoms with Crippen LogP contribution in [0.5, 0.6) is 5.75 Å². The van der Waals surface area contributed by atoms with Crippen LogP contribution in [0.4, 0.5) is 0 Å². The molecule has 0 heterocycles. The predicted molar refractivity (Wildman–Crippen MR) is 47.2 cm³/mol. The molecule has 0 spiro atoms. The monoisotopic (exact) mass is 172 g/mol. The Hall–Kier alpha value is -0.423. The van der Waals surface area contributed by atoms with Crippen LogP contribution >= 0.6 is 0 Å². The second-order valence-electron chi connectivity index (χ2n) is 2.60. The molecule has 66 valence electrons. The summed E-state index contributed by atoms with van der Waals surface area (Å²) in [5, 5.41) is 0. The maximum Gasteiger partial charge on any atom is 1.00 e. The van der Waals surface area contributed by atoms with Crippen molar-refractivity contribution in [1.82, 2.24) is 0 Å². The van der Waals surface area contributed by atoms with Gasteiger partial charge in [0.05, 0.1) is 12.7 Å². The van der Waals surface area contributed by atoms with Crippen molar-refractivity contribution in [2.75, 3.05) is 13.7 Å². The molecule has 1 atom stereocenters. The maximum atomic E-state index is 5.40. The number of methoxy groups -OCH3 is 1. The smallest absolute Gasteiger partial charge is 0.548 e. The maximum absolute atomic E-state index is 5.40. The van der Waals surface area contributed by atoms with E-state index in [-0.39, 0.29) is 25.0 Å². The minimum Gasteiger partial charge on any atom is -0.548 e. The molecular formula is C10H13LiO2. The van der Waals surface area contributed by atoms with Crippen molar-refractivity contribution in [1.29, 1.82) is 0 Å². The van der Waals surface area contributed by atoms with E-state index in [9.17, 15) is 0 Å². The van der Waals surface area contributed by atoms with Gasteiger partial charge in [-0.15, -0.1) is 12.1 Å². The van der Waals surface area contributed by atoms with Crippen molar-refractivity contribution in [3.05, 3.63) is 30.3 Å². The number of benzene rings is 1. The molecule has 0 amide bonds. The Balaban J connectivity index is 0.00000144. The van der Waals surface area contributed by atoms with Crippen LogP contribution in [0.1, 0.15) is 6.92 Å². The molecule has 0 aliphatic heterocycles. The van der Waals surface area contributed by atoms with E-state index in [4.69, 9.17) is 9.47 Å². The second-order valence-corrected chi connectivity index (χ2v) is 2.60. The second kappa shape index (κ2) is 7.03. The first-order valence-corrected chi connectivity index (χ1v) is 3.94. The Kier molecular flexibility index (Phi) is 6.80. The van der Waals surface area contributed by atoms with Gasteiger partial charge in [0.1, 0.15) is 0 Å². The zero-order valence-electron chi connectivity index (χ0n) is 8.41. The van der Waals surface area contributed by atoms with Gasteiger partial charge in [0.2, 0.25) is 0 Å². The first-order chi connectivity index (χ1) is 5.83. The van der Waals surface area contributed by atoms with Gasteiger partial charge in [0.15, 0.2) is 0 Å². The summed E-state index contributed by atoms with van der Waals surface area (Å²) >= 11 is 0. The van der Waals surface area contributed by atoms with E-state index in [2.05, 4.69) is 6.07 Å². The SMILES string of the molecule is CO[C@H](C)COc1c[c-]ccc1.[Li+]. The van der Waals surface area contributed by atoms with Crippen molar-refractivity contribution < 1.29 is 28.3 Å². The van der Waals surface area contributed by atoms with E-state index in [1.807, 2.05) is 31.2 Å². The predicted octanol–water partition coefficient (Wildman–Crippen LogP) is -1.10. The topological polar surface area (TPSA) is 18.5 Å². The van der Waals surface area contributed by atoms with E-state index < -0.39 is 0 Å². The van der Waals surface area contributed by atoms with Gasteiger partial charge in [0.25, 0.3) is 0 Å². The minimum atomic E-state index is 0. The standard InChI is InChI=1S/C10H13O2.Li/c1-9(11-2)8-12-10-6-4-3-5-7-10;/h3-4,6-7,9H,8H2,1-2H3;/q-1;+1/t9-;/m1./s1. The van der Waals surface area contributed by atoms with E-state index >= 15 is 0 Å². The molecule has 0 unspecified atom stereocenters. The molecular weight excluding hydrogens is 159 g/mol. The van der Waals surface area contributed by atoms with Crippen LogP contribution < -0.4 is 23.6 Å². The molecule has 1 aromatic rings. The number of hydrogen-bond donors (Lipinski definition) is 0. The zero-order valence-corrected chi connectivity index (χ0v) is 8.41. The van der Waals surface area contributed by atoms with Crippen LogP contribution in [0.2, 0.25) is 0 Å². The Morgan fingerprint density at radius 3 is 2.85 bits per heavy atom. The van der Waals surface area contributed by atoms with Crippen molar-refractivity contribution in [3.8, 4) is 5.75 Å². The van der Waals surface area contributed by atoms with Gasteiger partial charge in [-0.1, -0.05) is 0 Å². The number of rotatable bonds is 4. The molecule has 0 aliphatic rings. The Morgan fingerprint density at radius 2 is 2.31 bits per heavy atom. The molecule has 2 nitrogen and oxygen atoms in total. The van der Waals surface area contributed by atoms with Crippen LogP contribution in [0, 0.1) is 6.07 Å². The van der Waals surface area contributed by atoms with Crippen LogP contribution in [-0.4, -0.2) is 19.8 Å². The molecule has 0 saturated carbocycles. The minimum absolute atomic E-state index is 0. The van der Waals surface area contributed by atoms with Gasteiger partial charge in [-0.25, -0.2) is 0 Å². The van der Waals surface area contributed by atoms with E-state index in [1.54, 1.807) is 7.11 Å². The summed E-state index contributed by atoms with van der Waals surface area (Å²) in [7, 11) is 1.67. The number of ether oxygens (including phenoxy) is 2. The normalized spacial score (nSPS) is 11.5. The molecule has 3 heteroatoms. The first-order valence-electron chi connectivity index (χ1n) is 3.94.